The molecule has 23 heavy (non-hydrogen) atoms. The van der Waals surface area contributed by atoms with Gasteiger partial charge in [-0.3, -0.25) is 4.72 Å². The molecule has 124 valence electrons. The summed E-state index contributed by atoms with van der Waals surface area (Å²) >= 11 is 1.08. The van der Waals surface area contributed by atoms with Crippen LogP contribution in [0.15, 0.2) is 34.5 Å². The first kappa shape index (κ1) is 17.1. The molecule has 0 spiro atoms. The summed E-state index contributed by atoms with van der Waals surface area (Å²) in [5, 5.41) is 1.59. The van der Waals surface area contributed by atoms with E-state index < -0.39 is 16.0 Å². The van der Waals surface area contributed by atoms with Gasteiger partial charge in [-0.05, 0) is 23.6 Å². The summed E-state index contributed by atoms with van der Waals surface area (Å²) in [5.74, 6) is -0.0160. The molecular weight excluding hydrogens is 342 g/mol. The first-order valence-electron chi connectivity index (χ1n) is 6.33. The number of nitrogens with one attached hydrogen (secondary N) is 1. The molecule has 0 saturated carbocycles. The average Bonchev–Trinajstić information content (AvgIpc) is 3.00. The highest BCUT2D eigenvalue weighted by Gasteiger charge is 2.23. The molecule has 0 amide bonds. The van der Waals surface area contributed by atoms with Gasteiger partial charge in [-0.2, -0.15) is 0 Å². The molecule has 1 heterocycles. The number of carbonyl (C=O) groups is 1. The van der Waals surface area contributed by atoms with Gasteiger partial charge in [0.1, 0.15) is 21.3 Å². The predicted molar refractivity (Wildman–Crippen MR) is 86.0 cm³/mol. The van der Waals surface area contributed by atoms with E-state index in [1.54, 1.807) is 5.38 Å². The summed E-state index contributed by atoms with van der Waals surface area (Å²) in [6, 6.07) is 5.82. The van der Waals surface area contributed by atoms with Crippen LogP contribution in [0, 0.1) is 0 Å². The first-order chi connectivity index (χ1) is 10.9. The molecule has 0 fully saturated rings. The third-order valence-electron chi connectivity index (χ3n) is 2.94. The Balaban J connectivity index is 2.40. The molecule has 1 aromatic carbocycles. The van der Waals surface area contributed by atoms with E-state index in [1.807, 2.05) is 0 Å². The van der Waals surface area contributed by atoms with Gasteiger partial charge < -0.3 is 14.2 Å². The molecule has 0 bridgehead atoms. The smallest absolute Gasteiger partial charge is 0.350 e. The predicted octanol–water partition coefficient (Wildman–Crippen LogP) is 2.35. The van der Waals surface area contributed by atoms with Crippen LogP contribution in [0.4, 0.5) is 5.69 Å². The van der Waals surface area contributed by atoms with Crippen LogP contribution in [0.5, 0.6) is 11.5 Å². The van der Waals surface area contributed by atoms with Crippen molar-refractivity contribution in [1.82, 2.24) is 0 Å². The monoisotopic (exact) mass is 357 g/mol. The van der Waals surface area contributed by atoms with Crippen molar-refractivity contribution >= 4 is 33.0 Å². The Bertz CT molecular complexity index is 812. The van der Waals surface area contributed by atoms with E-state index >= 15 is 0 Å². The molecule has 0 saturated heterocycles. The number of ether oxygens (including phenoxy) is 3. The van der Waals surface area contributed by atoms with Crippen LogP contribution >= 0.6 is 11.3 Å². The Kier molecular flexibility index (Phi) is 5.12. The molecule has 0 aliphatic rings. The molecule has 0 radical (unpaired) electrons. The van der Waals surface area contributed by atoms with Gasteiger partial charge in [0.25, 0.3) is 10.0 Å². The number of anilines is 1. The minimum Gasteiger partial charge on any atom is -0.497 e. The molecule has 2 aromatic rings. The van der Waals surface area contributed by atoms with Crippen molar-refractivity contribution in [2.24, 2.45) is 0 Å². The maximum Gasteiger partial charge on any atom is 0.350 e. The SMILES string of the molecule is COC(=O)c1sccc1NS(=O)(=O)c1ccc(OC)cc1OC. The van der Waals surface area contributed by atoms with Crippen LogP contribution in [0.2, 0.25) is 0 Å². The molecule has 0 aliphatic carbocycles. The van der Waals surface area contributed by atoms with Gasteiger partial charge >= 0.3 is 5.97 Å². The van der Waals surface area contributed by atoms with Crippen LogP contribution in [0.1, 0.15) is 9.67 Å². The second-order valence-corrected chi connectivity index (χ2v) is 6.84. The molecular formula is C14H15NO6S2. The number of sulfonamides is 1. The fourth-order valence-corrected chi connectivity index (χ4v) is 3.89. The number of benzene rings is 1. The average molecular weight is 357 g/mol. The fourth-order valence-electron chi connectivity index (χ4n) is 1.84. The van der Waals surface area contributed by atoms with Crippen LogP contribution in [-0.2, 0) is 14.8 Å². The zero-order valence-electron chi connectivity index (χ0n) is 12.7. The highest BCUT2D eigenvalue weighted by atomic mass is 32.2. The van der Waals surface area contributed by atoms with Crippen LogP contribution in [0.25, 0.3) is 0 Å². The number of carbonyl (C=O) groups excluding carboxylic acids is 1. The maximum atomic E-state index is 12.6. The van der Waals surface area contributed by atoms with Gasteiger partial charge in [0.2, 0.25) is 0 Å². The first-order valence-corrected chi connectivity index (χ1v) is 8.70. The quantitative estimate of drug-likeness (QED) is 0.798. The van der Waals surface area contributed by atoms with Crippen LogP contribution in [0.3, 0.4) is 0 Å². The van der Waals surface area contributed by atoms with Crippen molar-refractivity contribution in [3.05, 3.63) is 34.5 Å². The summed E-state index contributed by atoms with van der Waals surface area (Å²) in [5.41, 5.74) is 0.153. The standard InChI is InChI=1S/C14H15NO6S2/c1-19-9-4-5-12(11(8-9)20-2)23(17,18)15-10-6-7-22-13(10)14(16)21-3/h4-8,15H,1-3H3. The zero-order valence-corrected chi connectivity index (χ0v) is 14.3. The number of thiophene rings is 1. The number of hydrogen-bond acceptors (Lipinski definition) is 7. The summed E-state index contributed by atoms with van der Waals surface area (Å²) < 4.78 is 42.3. The lowest BCUT2D eigenvalue weighted by atomic mass is 10.3. The van der Waals surface area contributed by atoms with E-state index in [-0.39, 0.29) is 21.2 Å². The van der Waals surface area contributed by atoms with Crippen molar-refractivity contribution in [3.8, 4) is 11.5 Å². The molecule has 0 unspecified atom stereocenters. The molecule has 9 heteroatoms. The Hall–Kier alpha value is -2.26. The van der Waals surface area contributed by atoms with E-state index in [4.69, 9.17) is 9.47 Å². The summed E-state index contributed by atoms with van der Waals surface area (Å²) in [6.45, 7) is 0. The van der Waals surface area contributed by atoms with E-state index in [2.05, 4.69) is 9.46 Å². The van der Waals surface area contributed by atoms with Gasteiger partial charge in [-0.15, -0.1) is 11.3 Å². The van der Waals surface area contributed by atoms with Crippen molar-refractivity contribution in [2.75, 3.05) is 26.1 Å². The van der Waals surface area contributed by atoms with E-state index in [9.17, 15) is 13.2 Å². The van der Waals surface area contributed by atoms with Gasteiger partial charge in [0, 0.05) is 6.07 Å². The zero-order chi connectivity index (χ0) is 17.0. The minimum absolute atomic E-state index is 0.0668. The van der Waals surface area contributed by atoms with Crippen molar-refractivity contribution < 1.29 is 27.4 Å². The molecule has 7 nitrogen and oxygen atoms in total. The van der Waals surface area contributed by atoms with Crippen molar-refractivity contribution in [2.45, 2.75) is 4.90 Å². The topological polar surface area (TPSA) is 90.9 Å². The number of methoxy groups -OCH3 is 3. The molecule has 2 rings (SSSR count). The van der Waals surface area contributed by atoms with Gasteiger partial charge in [-0.1, -0.05) is 0 Å². The molecule has 0 atom stereocenters. The highest BCUT2D eigenvalue weighted by molar-refractivity contribution is 7.92. The highest BCUT2D eigenvalue weighted by Crippen LogP contribution is 2.31. The van der Waals surface area contributed by atoms with E-state index in [1.165, 1.54) is 45.6 Å². The largest absolute Gasteiger partial charge is 0.497 e. The Morgan fingerprint density at radius 1 is 1.13 bits per heavy atom. The van der Waals surface area contributed by atoms with E-state index in [0.717, 1.165) is 11.3 Å². The van der Waals surface area contributed by atoms with Crippen LogP contribution in [-0.4, -0.2) is 35.7 Å². The second-order valence-electron chi connectivity index (χ2n) is 4.28. The third-order valence-corrected chi connectivity index (χ3v) is 5.24. The summed E-state index contributed by atoms with van der Waals surface area (Å²) in [4.78, 5) is 11.7. The number of esters is 1. The summed E-state index contributed by atoms with van der Waals surface area (Å²) in [6.07, 6.45) is 0. The third kappa shape index (κ3) is 3.57. The Morgan fingerprint density at radius 2 is 1.87 bits per heavy atom. The second kappa shape index (κ2) is 6.88. The van der Waals surface area contributed by atoms with Gasteiger partial charge in [0.05, 0.1) is 27.0 Å². The maximum absolute atomic E-state index is 12.6. The van der Waals surface area contributed by atoms with Gasteiger partial charge in [0.15, 0.2) is 0 Å². The fraction of sp³-hybridized carbons (Fsp3) is 0.214. The Labute approximate surface area is 137 Å². The normalized spacial score (nSPS) is 10.9. The molecule has 1 aromatic heterocycles. The number of hydrogen-bond donors (Lipinski definition) is 1. The minimum atomic E-state index is -3.95. The lowest BCUT2D eigenvalue weighted by Gasteiger charge is -2.12. The van der Waals surface area contributed by atoms with Crippen LogP contribution < -0.4 is 14.2 Å². The van der Waals surface area contributed by atoms with E-state index in [0.29, 0.717) is 5.75 Å². The van der Waals surface area contributed by atoms with Crippen molar-refractivity contribution in [1.29, 1.82) is 0 Å². The van der Waals surface area contributed by atoms with Gasteiger partial charge in [-0.25, -0.2) is 13.2 Å². The number of rotatable bonds is 6. The summed E-state index contributed by atoms with van der Waals surface area (Å²) in [7, 11) is 0.109. The molecule has 1 N–H and O–H groups in total. The lowest BCUT2D eigenvalue weighted by molar-refractivity contribution is 0.0607. The lowest BCUT2D eigenvalue weighted by Crippen LogP contribution is -2.15. The Morgan fingerprint density at radius 3 is 2.48 bits per heavy atom. The van der Waals surface area contributed by atoms with Crippen molar-refractivity contribution in [3.63, 3.8) is 0 Å². The molecule has 0 aliphatic heterocycles.